The van der Waals surface area contributed by atoms with E-state index in [0.29, 0.717) is 11.4 Å². The number of nitrogens with one attached hydrogen (secondary N) is 1. The maximum atomic E-state index is 13.2. The van der Waals surface area contributed by atoms with Crippen molar-refractivity contribution in [1.82, 2.24) is 9.36 Å². The molecule has 1 amide bonds. The van der Waals surface area contributed by atoms with Gasteiger partial charge in [-0.15, -0.1) is 0 Å². The molecule has 3 aromatic rings. The van der Waals surface area contributed by atoms with Crippen molar-refractivity contribution in [3.63, 3.8) is 0 Å². The van der Waals surface area contributed by atoms with Gasteiger partial charge in [-0.05, 0) is 31.2 Å². The summed E-state index contributed by atoms with van der Waals surface area (Å²) in [6, 6.07) is 12.0. The summed E-state index contributed by atoms with van der Waals surface area (Å²) in [6.07, 6.45) is 0. The number of nitrogens with zero attached hydrogens (tertiary/aromatic N) is 2. The number of carbonyl (C=O) groups excluding carboxylic acids is 1. The second-order valence-electron chi connectivity index (χ2n) is 5.85. The first-order valence-electron chi connectivity index (χ1n) is 8.10. The van der Waals surface area contributed by atoms with Crippen molar-refractivity contribution in [2.24, 2.45) is 7.05 Å². The number of carbonyl (C=O) groups is 1. The second kappa shape index (κ2) is 7.45. The molecule has 1 N–H and O–H groups in total. The van der Waals surface area contributed by atoms with Crippen molar-refractivity contribution in [2.45, 2.75) is 6.92 Å². The first kappa shape index (κ1) is 18.4. The van der Waals surface area contributed by atoms with Gasteiger partial charge in [0, 0.05) is 13.1 Å². The van der Waals surface area contributed by atoms with Crippen molar-refractivity contribution < 1.29 is 18.3 Å². The number of hydrogen-bond donors (Lipinski definition) is 1. The molecule has 1 heterocycles. The Hall–Kier alpha value is -3.42. The molecule has 2 aromatic carbocycles. The van der Waals surface area contributed by atoms with E-state index in [0.717, 1.165) is 12.1 Å². The van der Waals surface area contributed by atoms with Gasteiger partial charge in [0.15, 0.2) is 18.2 Å². The number of halogens is 2. The van der Waals surface area contributed by atoms with Crippen LogP contribution >= 0.6 is 0 Å². The summed E-state index contributed by atoms with van der Waals surface area (Å²) >= 11 is 0. The predicted molar refractivity (Wildman–Crippen MR) is 96.2 cm³/mol. The molecule has 0 atom stereocenters. The molecule has 140 valence electrons. The molecule has 3 rings (SSSR count). The number of anilines is 1. The molecular weight excluding hydrogens is 356 g/mol. The van der Waals surface area contributed by atoms with Crippen LogP contribution in [0.1, 0.15) is 5.69 Å². The zero-order chi connectivity index (χ0) is 19.6. The summed E-state index contributed by atoms with van der Waals surface area (Å²) in [7, 11) is 1.71. The Morgan fingerprint density at radius 1 is 1.11 bits per heavy atom. The Kier molecular flexibility index (Phi) is 5.07. The molecule has 0 unspecified atom stereocenters. The molecule has 6 nitrogen and oxygen atoms in total. The molecule has 1 aromatic heterocycles. The van der Waals surface area contributed by atoms with Gasteiger partial charge in [-0.25, -0.2) is 13.5 Å². The van der Waals surface area contributed by atoms with Crippen LogP contribution in [0.3, 0.4) is 0 Å². The van der Waals surface area contributed by atoms with Crippen LogP contribution in [0.4, 0.5) is 14.5 Å². The molecule has 0 saturated carbocycles. The summed E-state index contributed by atoms with van der Waals surface area (Å²) in [4.78, 5) is 24.8. The van der Waals surface area contributed by atoms with Gasteiger partial charge in [0.25, 0.3) is 11.5 Å². The van der Waals surface area contributed by atoms with Gasteiger partial charge in [-0.1, -0.05) is 18.2 Å². The van der Waals surface area contributed by atoms with Crippen LogP contribution in [-0.2, 0) is 11.8 Å². The van der Waals surface area contributed by atoms with E-state index in [1.807, 2.05) is 6.07 Å². The number of rotatable bonds is 5. The van der Waals surface area contributed by atoms with Crippen LogP contribution in [0.5, 0.6) is 5.75 Å². The van der Waals surface area contributed by atoms with Crippen LogP contribution < -0.4 is 15.6 Å². The number of hydrogen-bond acceptors (Lipinski definition) is 3. The van der Waals surface area contributed by atoms with E-state index < -0.39 is 24.1 Å². The third-order valence-corrected chi connectivity index (χ3v) is 4.08. The zero-order valence-electron chi connectivity index (χ0n) is 14.7. The number of amides is 1. The predicted octanol–water partition coefficient (Wildman–Crippen LogP) is 2.78. The number of ether oxygens (including phenoxy) is 1. The van der Waals surface area contributed by atoms with Crippen molar-refractivity contribution in [3.05, 3.63) is 76.2 Å². The van der Waals surface area contributed by atoms with Crippen LogP contribution in [0.15, 0.2) is 53.3 Å². The lowest BCUT2D eigenvalue weighted by molar-refractivity contribution is -0.118. The summed E-state index contributed by atoms with van der Waals surface area (Å²) in [5.74, 6) is -2.66. The molecule has 0 bridgehead atoms. The van der Waals surface area contributed by atoms with Crippen molar-refractivity contribution in [3.8, 4) is 11.4 Å². The highest BCUT2D eigenvalue weighted by molar-refractivity contribution is 5.92. The maximum Gasteiger partial charge on any atom is 0.295 e. The minimum absolute atomic E-state index is 0.00975. The largest absolute Gasteiger partial charge is 0.484 e. The molecule has 0 radical (unpaired) electrons. The molecule has 0 saturated heterocycles. The van der Waals surface area contributed by atoms with Gasteiger partial charge >= 0.3 is 0 Å². The van der Waals surface area contributed by atoms with Crippen LogP contribution in [0.2, 0.25) is 0 Å². The molecule has 0 aliphatic rings. The Morgan fingerprint density at radius 2 is 1.81 bits per heavy atom. The van der Waals surface area contributed by atoms with E-state index in [2.05, 4.69) is 5.32 Å². The molecule has 27 heavy (non-hydrogen) atoms. The quantitative estimate of drug-likeness (QED) is 0.748. The Bertz CT molecular complexity index is 1040. The van der Waals surface area contributed by atoms with Gasteiger partial charge in [0.05, 0.1) is 11.4 Å². The molecular formula is C19H17F2N3O3. The molecule has 0 spiro atoms. The maximum absolute atomic E-state index is 13.2. The fourth-order valence-electron chi connectivity index (χ4n) is 2.60. The van der Waals surface area contributed by atoms with Crippen molar-refractivity contribution in [1.29, 1.82) is 0 Å². The number of aromatic nitrogens is 2. The summed E-state index contributed by atoms with van der Waals surface area (Å²) in [5, 5.41) is 2.52. The van der Waals surface area contributed by atoms with Crippen LogP contribution in [0, 0.1) is 18.6 Å². The van der Waals surface area contributed by atoms with E-state index in [1.165, 1.54) is 10.7 Å². The minimum Gasteiger partial charge on any atom is -0.484 e. The lowest BCUT2D eigenvalue weighted by Crippen LogP contribution is -2.25. The fourth-order valence-corrected chi connectivity index (χ4v) is 2.60. The zero-order valence-corrected chi connectivity index (χ0v) is 14.7. The van der Waals surface area contributed by atoms with E-state index in [4.69, 9.17) is 4.74 Å². The van der Waals surface area contributed by atoms with E-state index in [1.54, 1.807) is 42.9 Å². The summed E-state index contributed by atoms with van der Waals surface area (Å²) < 4.78 is 34.3. The lowest BCUT2D eigenvalue weighted by atomic mass is 10.3. The van der Waals surface area contributed by atoms with Crippen LogP contribution in [0.25, 0.3) is 5.69 Å². The Balaban J connectivity index is 1.76. The first-order valence-corrected chi connectivity index (χ1v) is 8.10. The van der Waals surface area contributed by atoms with E-state index in [9.17, 15) is 18.4 Å². The highest BCUT2D eigenvalue weighted by atomic mass is 19.2. The van der Waals surface area contributed by atoms with Gasteiger partial charge < -0.3 is 10.1 Å². The molecule has 0 aliphatic heterocycles. The average Bonchev–Trinajstić information content (AvgIpc) is 2.87. The Labute approximate surface area is 153 Å². The normalized spacial score (nSPS) is 10.7. The highest BCUT2D eigenvalue weighted by Crippen LogP contribution is 2.16. The van der Waals surface area contributed by atoms with Gasteiger partial charge in [0.2, 0.25) is 0 Å². The first-order chi connectivity index (χ1) is 12.9. The van der Waals surface area contributed by atoms with Crippen molar-refractivity contribution in [2.75, 3.05) is 11.9 Å². The molecule has 0 aliphatic carbocycles. The third-order valence-electron chi connectivity index (χ3n) is 4.08. The summed E-state index contributed by atoms with van der Waals surface area (Å²) in [5.41, 5.74) is 0.958. The van der Waals surface area contributed by atoms with Crippen LogP contribution in [-0.4, -0.2) is 21.9 Å². The third kappa shape index (κ3) is 3.74. The topological polar surface area (TPSA) is 65.3 Å². The minimum atomic E-state index is -1.07. The number of benzene rings is 2. The van der Waals surface area contributed by atoms with Crippen molar-refractivity contribution >= 4 is 11.6 Å². The van der Waals surface area contributed by atoms with Gasteiger partial charge in [-0.2, -0.15) is 0 Å². The number of para-hydroxylation sites is 1. The van der Waals surface area contributed by atoms with Gasteiger partial charge in [0.1, 0.15) is 11.4 Å². The molecule has 0 fully saturated rings. The second-order valence-corrected chi connectivity index (χ2v) is 5.85. The smallest absolute Gasteiger partial charge is 0.295 e. The standard InChI is InChI=1S/C19H17F2N3O3/c1-12-18(19(26)24(23(12)2)13-6-4-3-5-7-13)22-17(25)11-27-14-8-9-15(20)16(21)10-14/h3-10H,11H2,1-2H3,(H,22,25). The summed E-state index contributed by atoms with van der Waals surface area (Å²) in [6.45, 7) is 1.25. The average molecular weight is 373 g/mol. The van der Waals surface area contributed by atoms with E-state index >= 15 is 0 Å². The van der Waals surface area contributed by atoms with Gasteiger partial charge in [-0.3, -0.25) is 14.3 Å². The Morgan fingerprint density at radius 3 is 2.48 bits per heavy atom. The highest BCUT2D eigenvalue weighted by Gasteiger charge is 2.18. The monoisotopic (exact) mass is 373 g/mol. The fraction of sp³-hybridized carbons (Fsp3) is 0.158. The SMILES string of the molecule is Cc1c(NC(=O)COc2ccc(F)c(F)c2)c(=O)n(-c2ccccc2)n1C. The lowest BCUT2D eigenvalue weighted by Gasteiger charge is -2.07. The van der Waals surface area contributed by atoms with E-state index in [-0.39, 0.29) is 17.0 Å². The molecule has 8 heteroatoms.